The highest BCUT2D eigenvalue weighted by molar-refractivity contribution is 5.93. The van der Waals surface area contributed by atoms with Crippen LogP contribution in [0.15, 0.2) is 30.5 Å². The van der Waals surface area contributed by atoms with E-state index in [1.807, 2.05) is 18.3 Å². The van der Waals surface area contributed by atoms with E-state index in [-0.39, 0.29) is 5.75 Å². The predicted octanol–water partition coefficient (Wildman–Crippen LogP) is 2.36. The van der Waals surface area contributed by atoms with Crippen molar-refractivity contribution in [2.24, 2.45) is 17.6 Å². The maximum Gasteiger partial charge on any atom is 0.136 e. The van der Waals surface area contributed by atoms with Crippen LogP contribution in [0.5, 0.6) is 5.75 Å². The molecule has 3 rings (SSSR count). The molecule has 20 heavy (non-hydrogen) atoms. The molecular formula is C16H21N3O. The molecule has 0 saturated carbocycles. The molecule has 1 aromatic heterocycles. The van der Waals surface area contributed by atoms with Gasteiger partial charge in [-0.15, -0.1) is 0 Å². The van der Waals surface area contributed by atoms with E-state index < -0.39 is 0 Å². The third-order valence-corrected chi connectivity index (χ3v) is 4.44. The summed E-state index contributed by atoms with van der Waals surface area (Å²) in [6.45, 7) is 4.93. The molecule has 1 fully saturated rings. The van der Waals surface area contributed by atoms with Crippen molar-refractivity contribution in [2.75, 3.05) is 24.5 Å². The van der Waals surface area contributed by atoms with Crippen molar-refractivity contribution in [2.45, 2.75) is 13.3 Å². The van der Waals surface area contributed by atoms with Crippen LogP contribution in [0.1, 0.15) is 13.3 Å². The molecule has 0 spiro atoms. The molecule has 4 heteroatoms. The molecule has 4 nitrogen and oxygen atoms in total. The van der Waals surface area contributed by atoms with Crippen LogP contribution >= 0.6 is 0 Å². The first-order valence-electron chi connectivity index (χ1n) is 7.22. The molecule has 2 unspecified atom stereocenters. The smallest absolute Gasteiger partial charge is 0.136 e. The highest BCUT2D eigenvalue weighted by atomic mass is 16.3. The van der Waals surface area contributed by atoms with Crippen molar-refractivity contribution in [1.82, 2.24) is 4.98 Å². The van der Waals surface area contributed by atoms with E-state index in [1.54, 1.807) is 12.1 Å². The molecule has 2 heterocycles. The van der Waals surface area contributed by atoms with Gasteiger partial charge in [0.05, 0.1) is 0 Å². The zero-order valence-electron chi connectivity index (χ0n) is 11.8. The molecule has 1 aliphatic heterocycles. The molecule has 106 valence electrons. The first-order chi connectivity index (χ1) is 9.69. The summed E-state index contributed by atoms with van der Waals surface area (Å²) in [6, 6.07) is 7.42. The number of fused-ring (bicyclic) bond motifs is 1. The van der Waals surface area contributed by atoms with Crippen molar-refractivity contribution in [3.63, 3.8) is 0 Å². The van der Waals surface area contributed by atoms with E-state index in [2.05, 4.69) is 16.8 Å². The summed E-state index contributed by atoms with van der Waals surface area (Å²) in [5.74, 6) is 2.42. The van der Waals surface area contributed by atoms with Gasteiger partial charge in [-0.05, 0) is 48.4 Å². The molecule has 0 aliphatic carbocycles. The number of anilines is 1. The normalized spacial score (nSPS) is 23.2. The summed E-state index contributed by atoms with van der Waals surface area (Å²) in [5.41, 5.74) is 5.88. The summed E-state index contributed by atoms with van der Waals surface area (Å²) >= 11 is 0. The molecule has 0 amide bonds. The van der Waals surface area contributed by atoms with Gasteiger partial charge in [-0.25, -0.2) is 4.98 Å². The lowest BCUT2D eigenvalue weighted by Crippen LogP contribution is -2.43. The number of aromatic hydroxyl groups is 1. The Labute approximate surface area is 119 Å². The van der Waals surface area contributed by atoms with E-state index in [0.717, 1.165) is 36.1 Å². The number of phenols is 1. The van der Waals surface area contributed by atoms with Crippen molar-refractivity contribution in [3.8, 4) is 5.75 Å². The maximum atomic E-state index is 9.73. The Bertz CT molecular complexity index is 614. The van der Waals surface area contributed by atoms with Crippen LogP contribution in [-0.4, -0.2) is 29.7 Å². The number of hydrogen-bond acceptors (Lipinski definition) is 4. The number of hydrogen-bond donors (Lipinski definition) is 2. The minimum atomic E-state index is 0.285. The van der Waals surface area contributed by atoms with Crippen LogP contribution in [0.2, 0.25) is 0 Å². The Balaban J connectivity index is 1.99. The van der Waals surface area contributed by atoms with Crippen LogP contribution in [0.25, 0.3) is 10.8 Å². The van der Waals surface area contributed by atoms with Crippen LogP contribution in [-0.2, 0) is 0 Å². The van der Waals surface area contributed by atoms with Gasteiger partial charge in [0.25, 0.3) is 0 Å². The van der Waals surface area contributed by atoms with E-state index in [9.17, 15) is 5.11 Å². The minimum absolute atomic E-state index is 0.285. The molecule has 0 radical (unpaired) electrons. The Kier molecular flexibility index (Phi) is 3.49. The summed E-state index contributed by atoms with van der Waals surface area (Å²) in [4.78, 5) is 6.84. The Morgan fingerprint density at radius 2 is 2.25 bits per heavy atom. The number of benzene rings is 1. The van der Waals surface area contributed by atoms with Crippen molar-refractivity contribution in [1.29, 1.82) is 0 Å². The SMILES string of the molecule is CC1CCN(c2nccc3ccc(O)cc23)CC1CN. The van der Waals surface area contributed by atoms with Gasteiger partial charge in [-0.2, -0.15) is 0 Å². The second-order valence-electron chi connectivity index (χ2n) is 5.75. The highest BCUT2D eigenvalue weighted by Gasteiger charge is 2.26. The van der Waals surface area contributed by atoms with Gasteiger partial charge in [0.1, 0.15) is 11.6 Å². The predicted molar refractivity (Wildman–Crippen MR) is 81.9 cm³/mol. The second-order valence-corrected chi connectivity index (χ2v) is 5.75. The molecule has 1 aromatic carbocycles. The molecule has 1 aliphatic rings. The summed E-state index contributed by atoms with van der Waals surface area (Å²) in [7, 11) is 0. The average molecular weight is 271 g/mol. The largest absolute Gasteiger partial charge is 0.508 e. The number of nitrogens with two attached hydrogens (primary N) is 1. The van der Waals surface area contributed by atoms with Gasteiger partial charge in [0.15, 0.2) is 0 Å². The first kappa shape index (κ1) is 13.2. The van der Waals surface area contributed by atoms with E-state index in [0.29, 0.717) is 18.4 Å². The van der Waals surface area contributed by atoms with Gasteiger partial charge in [-0.3, -0.25) is 0 Å². The molecular weight excluding hydrogens is 250 g/mol. The zero-order chi connectivity index (χ0) is 14.1. The fourth-order valence-electron chi connectivity index (χ4n) is 3.04. The van der Waals surface area contributed by atoms with Crippen LogP contribution in [0.4, 0.5) is 5.82 Å². The van der Waals surface area contributed by atoms with Crippen LogP contribution < -0.4 is 10.6 Å². The van der Waals surface area contributed by atoms with Gasteiger partial charge in [0.2, 0.25) is 0 Å². The van der Waals surface area contributed by atoms with Crippen molar-refractivity contribution >= 4 is 16.6 Å². The van der Waals surface area contributed by atoms with Crippen molar-refractivity contribution in [3.05, 3.63) is 30.5 Å². The Morgan fingerprint density at radius 1 is 1.40 bits per heavy atom. The van der Waals surface area contributed by atoms with Crippen LogP contribution in [0, 0.1) is 11.8 Å². The zero-order valence-corrected chi connectivity index (χ0v) is 11.8. The molecule has 3 N–H and O–H groups in total. The molecule has 2 atom stereocenters. The maximum absolute atomic E-state index is 9.73. The third-order valence-electron chi connectivity index (χ3n) is 4.44. The third kappa shape index (κ3) is 2.31. The van der Waals surface area contributed by atoms with E-state index in [4.69, 9.17) is 5.73 Å². The lowest BCUT2D eigenvalue weighted by atomic mass is 9.87. The number of piperidine rings is 1. The van der Waals surface area contributed by atoms with Gasteiger partial charge >= 0.3 is 0 Å². The number of phenolic OH excluding ortho intramolecular Hbond substituents is 1. The molecule has 2 aromatic rings. The second kappa shape index (κ2) is 5.29. The lowest BCUT2D eigenvalue weighted by Gasteiger charge is -2.37. The summed E-state index contributed by atoms with van der Waals surface area (Å²) < 4.78 is 0. The fraction of sp³-hybridized carbons (Fsp3) is 0.438. The number of pyridine rings is 1. The number of nitrogens with zero attached hydrogens (tertiary/aromatic N) is 2. The van der Waals surface area contributed by atoms with Crippen LogP contribution in [0.3, 0.4) is 0 Å². The minimum Gasteiger partial charge on any atom is -0.508 e. The first-order valence-corrected chi connectivity index (χ1v) is 7.22. The molecule has 0 bridgehead atoms. The Hall–Kier alpha value is -1.81. The fourth-order valence-corrected chi connectivity index (χ4v) is 3.04. The van der Waals surface area contributed by atoms with Crippen molar-refractivity contribution < 1.29 is 5.11 Å². The summed E-state index contributed by atoms with van der Waals surface area (Å²) in [5, 5.41) is 11.8. The van der Waals surface area contributed by atoms with Gasteiger partial charge < -0.3 is 15.7 Å². The average Bonchev–Trinajstić information content (AvgIpc) is 2.47. The van der Waals surface area contributed by atoms with E-state index in [1.165, 1.54) is 0 Å². The lowest BCUT2D eigenvalue weighted by molar-refractivity contribution is 0.307. The number of aromatic nitrogens is 1. The Morgan fingerprint density at radius 3 is 3.05 bits per heavy atom. The standard InChI is InChI=1S/C16H21N3O/c1-11-5-7-19(10-13(11)9-17)16-15-8-14(20)3-2-12(15)4-6-18-16/h2-4,6,8,11,13,20H,5,7,9-10,17H2,1H3. The highest BCUT2D eigenvalue weighted by Crippen LogP contribution is 2.31. The summed E-state index contributed by atoms with van der Waals surface area (Å²) in [6.07, 6.45) is 2.98. The van der Waals surface area contributed by atoms with Gasteiger partial charge in [0, 0.05) is 24.7 Å². The number of rotatable bonds is 2. The topological polar surface area (TPSA) is 62.4 Å². The molecule has 1 saturated heterocycles. The quantitative estimate of drug-likeness (QED) is 0.880. The van der Waals surface area contributed by atoms with Gasteiger partial charge in [-0.1, -0.05) is 13.0 Å². The monoisotopic (exact) mass is 271 g/mol. The van der Waals surface area contributed by atoms with E-state index >= 15 is 0 Å².